The fraction of sp³-hybridized carbons (Fsp3) is 0.485. The van der Waals surface area contributed by atoms with Crippen molar-refractivity contribution in [1.82, 2.24) is 19.7 Å². The molecule has 0 unspecified atom stereocenters. The van der Waals surface area contributed by atoms with Crippen molar-refractivity contribution in [3.63, 3.8) is 0 Å². The van der Waals surface area contributed by atoms with E-state index in [1.807, 2.05) is 23.9 Å². The van der Waals surface area contributed by atoms with Crippen LogP contribution in [0.5, 0.6) is 0 Å². The monoisotopic (exact) mass is 689 g/mol. The number of para-hydroxylation sites is 1. The fourth-order valence-corrected chi connectivity index (χ4v) is 6.92. The zero-order valence-corrected chi connectivity index (χ0v) is 28.3. The van der Waals surface area contributed by atoms with Gasteiger partial charge < -0.3 is 24.5 Å². The maximum atomic E-state index is 14.0. The fourth-order valence-electron chi connectivity index (χ4n) is 6.63. The van der Waals surface area contributed by atoms with Crippen LogP contribution >= 0.6 is 11.6 Å². The lowest BCUT2D eigenvalue weighted by Crippen LogP contribution is -2.57. The molecule has 2 saturated heterocycles. The summed E-state index contributed by atoms with van der Waals surface area (Å²) >= 11 is 6.71. The lowest BCUT2D eigenvalue weighted by Gasteiger charge is -2.41. The van der Waals surface area contributed by atoms with E-state index >= 15 is 0 Å². The Labute approximate surface area is 282 Å². The summed E-state index contributed by atoms with van der Waals surface area (Å²) in [6.45, 7) is 7.00. The quantitative estimate of drug-likeness (QED) is 0.393. The summed E-state index contributed by atoms with van der Waals surface area (Å²) in [5.74, 6) is -2.49. The number of hydrogen-bond donors (Lipinski definition) is 0. The average Bonchev–Trinajstić information content (AvgIpc) is 3.30. The maximum Gasteiger partial charge on any atom is 0.416 e. The van der Waals surface area contributed by atoms with Crippen LogP contribution in [0.1, 0.15) is 17.7 Å². The van der Waals surface area contributed by atoms with Gasteiger partial charge in [0.05, 0.1) is 27.9 Å². The predicted molar refractivity (Wildman–Crippen MR) is 176 cm³/mol. The number of rotatable bonds is 8. The van der Waals surface area contributed by atoms with Crippen LogP contribution < -0.4 is 14.7 Å². The topological polar surface area (TPSA) is 101 Å². The van der Waals surface area contributed by atoms with Gasteiger partial charge in [-0.3, -0.25) is 24.1 Å². The first-order chi connectivity index (χ1) is 22.5. The highest BCUT2D eigenvalue weighted by Crippen LogP contribution is 2.43. The van der Waals surface area contributed by atoms with Gasteiger partial charge >= 0.3 is 6.18 Å². The minimum absolute atomic E-state index is 0.0617. The van der Waals surface area contributed by atoms with Gasteiger partial charge in [-0.1, -0.05) is 24.2 Å². The van der Waals surface area contributed by atoms with E-state index in [1.54, 1.807) is 35.0 Å². The number of likely N-dealkylation sites (tertiary alicyclic amines) is 1. The number of anilines is 3. The number of likely N-dealkylation sites (N-methyl/N-ethyl adjacent to an activating group) is 3. The zero-order valence-electron chi connectivity index (χ0n) is 27.6. The predicted octanol–water partition coefficient (Wildman–Crippen LogP) is 3.30. The number of nitrogens with zero attached hydrogens (tertiary/aromatic N) is 7. The third-order valence-electron chi connectivity index (χ3n) is 9.03. The Morgan fingerprint density at radius 1 is 1.10 bits per heavy atom. The van der Waals surface area contributed by atoms with E-state index in [1.165, 1.54) is 18.9 Å². The first-order valence-electron chi connectivity index (χ1n) is 15.5. The molecule has 0 aliphatic carbocycles. The number of fused-ring (bicyclic) bond motifs is 2. The van der Waals surface area contributed by atoms with Gasteiger partial charge in [0.15, 0.2) is 0 Å². The second kappa shape index (κ2) is 13.4. The van der Waals surface area contributed by atoms with Crippen LogP contribution in [-0.2, 0) is 25.4 Å². The molecule has 4 heterocycles. The van der Waals surface area contributed by atoms with Gasteiger partial charge in [-0.2, -0.15) is 13.2 Å². The summed E-state index contributed by atoms with van der Waals surface area (Å²) < 4.78 is 41.1. The van der Waals surface area contributed by atoms with Crippen molar-refractivity contribution in [2.45, 2.75) is 25.6 Å². The van der Waals surface area contributed by atoms with Crippen LogP contribution in [0.15, 0.2) is 42.5 Å². The number of carbonyl (C=O) groups is 4. The van der Waals surface area contributed by atoms with E-state index in [4.69, 9.17) is 11.6 Å². The number of amides is 4. The summed E-state index contributed by atoms with van der Waals surface area (Å²) in [4.78, 5) is 67.1. The SMILES string of the molecule is C=C(CN(C)C)C(=O)N1CC(C(=O)N(C)CCN2C[C@H]3CC(=O)N(c4cc(C(F)(F)F)cc(C)n4)[C@@H]3C(=O)N(C)c3cccc(Cl)c32)C1. The van der Waals surface area contributed by atoms with Gasteiger partial charge in [0, 0.05) is 77.0 Å². The second-order valence-corrected chi connectivity index (χ2v) is 13.4. The number of alkyl halides is 3. The molecule has 3 aliphatic rings. The number of halogens is 4. The van der Waals surface area contributed by atoms with Crippen LogP contribution in [0.4, 0.5) is 30.4 Å². The van der Waals surface area contributed by atoms with Gasteiger partial charge in [0.2, 0.25) is 17.7 Å². The largest absolute Gasteiger partial charge is 0.416 e. The summed E-state index contributed by atoms with van der Waals surface area (Å²) in [5.41, 5.74) is 0.562. The van der Waals surface area contributed by atoms with Gasteiger partial charge in [-0.05, 0) is 45.3 Å². The molecule has 48 heavy (non-hydrogen) atoms. The molecule has 1 aromatic carbocycles. The number of aromatic nitrogens is 1. The van der Waals surface area contributed by atoms with Crippen LogP contribution in [-0.4, -0.2) is 117 Å². The Morgan fingerprint density at radius 3 is 2.44 bits per heavy atom. The zero-order chi connectivity index (χ0) is 35.2. The number of hydrogen-bond acceptors (Lipinski definition) is 7. The molecule has 3 aliphatic heterocycles. The van der Waals surface area contributed by atoms with Crippen LogP contribution in [0, 0.1) is 18.8 Å². The van der Waals surface area contributed by atoms with E-state index in [0.717, 1.165) is 17.0 Å². The molecule has 1 aromatic heterocycles. The third-order valence-corrected chi connectivity index (χ3v) is 9.34. The summed E-state index contributed by atoms with van der Waals surface area (Å²) in [5, 5.41) is 0.363. The first kappa shape index (κ1) is 35.1. The average molecular weight is 690 g/mol. The van der Waals surface area contributed by atoms with Crippen molar-refractivity contribution in [2.24, 2.45) is 11.8 Å². The van der Waals surface area contributed by atoms with E-state index in [9.17, 15) is 32.3 Å². The van der Waals surface area contributed by atoms with Crippen molar-refractivity contribution in [3.05, 3.63) is 58.8 Å². The van der Waals surface area contributed by atoms with E-state index in [0.29, 0.717) is 41.6 Å². The second-order valence-electron chi connectivity index (χ2n) is 13.0. The van der Waals surface area contributed by atoms with Crippen LogP contribution in [0.3, 0.4) is 0 Å². The highest BCUT2D eigenvalue weighted by atomic mass is 35.5. The van der Waals surface area contributed by atoms with E-state index < -0.39 is 35.5 Å². The minimum Gasteiger partial charge on any atom is -0.366 e. The smallest absolute Gasteiger partial charge is 0.366 e. The van der Waals surface area contributed by atoms with Gasteiger partial charge in [0.1, 0.15) is 11.9 Å². The molecule has 4 amide bonds. The normalized spacial score (nSPS) is 20.0. The molecule has 0 bridgehead atoms. The molecule has 258 valence electrons. The van der Waals surface area contributed by atoms with Crippen molar-refractivity contribution in [1.29, 1.82) is 0 Å². The number of aryl methyl sites for hydroxylation is 1. The van der Waals surface area contributed by atoms with Crippen molar-refractivity contribution >= 4 is 52.4 Å². The third kappa shape index (κ3) is 6.86. The van der Waals surface area contributed by atoms with Crippen LogP contribution in [0.25, 0.3) is 0 Å². The molecule has 2 fully saturated rings. The van der Waals surface area contributed by atoms with E-state index in [-0.39, 0.29) is 55.3 Å². The maximum absolute atomic E-state index is 14.0. The summed E-state index contributed by atoms with van der Waals surface area (Å²) in [6.07, 6.45) is -4.77. The Morgan fingerprint density at radius 2 is 1.79 bits per heavy atom. The summed E-state index contributed by atoms with van der Waals surface area (Å²) in [6, 6.07) is 5.66. The lowest BCUT2D eigenvalue weighted by atomic mass is 9.95. The number of benzene rings is 1. The molecular weight excluding hydrogens is 651 g/mol. The molecule has 0 saturated carbocycles. The van der Waals surface area contributed by atoms with Gasteiger partial charge in [-0.15, -0.1) is 0 Å². The van der Waals surface area contributed by atoms with E-state index in [2.05, 4.69) is 11.6 Å². The number of pyridine rings is 1. The molecule has 15 heteroatoms. The Hall–Kier alpha value is -4.17. The Bertz CT molecular complexity index is 1650. The Kier molecular flexibility index (Phi) is 9.80. The number of carbonyl (C=O) groups excluding carboxylic acids is 4. The molecule has 0 radical (unpaired) electrons. The molecule has 2 atom stereocenters. The van der Waals surface area contributed by atoms with Crippen molar-refractivity contribution in [3.8, 4) is 0 Å². The summed E-state index contributed by atoms with van der Waals surface area (Å²) in [7, 11) is 6.91. The van der Waals surface area contributed by atoms with Crippen molar-refractivity contribution < 1.29 is 32.3 Å². The lowest BCUT2D eigenvalue weighted by molar-refractivity contribution is -0.145. The first-order valence-corrected chi connectivity index (χ1v) is 15.9. The molecular formula is C33H39ClF3N7O4. The van der Waals surface area contributed by atoms with Gasteiger partial charge in [0.25, 0.3) is 5.91 Å². The molecule has 0 spiro atoms. The van der Waals surface area contributed by atoms with Crippen LogP contribution in [0.2, 0.25) is 5.02 Å². The van der Waals surface area contributed by atoms with Crippen molar-refractivity contribution in [2.75, 3.05) is 82.2 Å². The van der Waals surface area contributed by atoms with Gasteiger partial charge in [-0.25, -0.2) is 4.98 Å². The molecule has 11 nitrogen and oxygen atoms in total. The molecule has 0 N–H and O–H groups in total. The Balaban J connectivity index is 1.37. The molecule has 2 aromatic rings. The molecule has 5 rings (SSSR count). The highest BCUT2D eigenvalue weighted by Gasteiger charge is 2.49. The highest BCUT2D eigenvalue weighted by molar-refractivity contribution is 6.34. The minimum atomic E-state index is -4.67. The standard InChI is InChI=1S/C33H39ClF3N7O4/c1-19(15-39(3)4)30(46)43-17-22(18-43)31(47)40(5)10-11-42-16-21-13-27(45)44(26-14-23(33(35,36)37)12-20(2)38-26)28(21)32(48)41(6)25-9-7-8-24(34)29(25)42/h7-9,12,14,21-22,28H,1,10-11,13,15-18H2,2-6H3/t21-,28+/m1/s1.